The van der Waals surface area contributed by atoms with Gasteiger partial charge in [-0.1, -0.05) is 22.9 Å². The molecule has 142 valence electrons. The second-order valence-corrected chi connectivity index (χ2v) is 6.86. The Hall–Kier alpha value is -3.55. The van der Waals surface area contributed by atoms with E-state index in [0.29, 0.717) is 25.2 Å². The molecule has 0 bridgehead atoms. The van der Waals surface area contributed by atoms with E-state index in [1.54, 1.807) is 28.2 Å². The predicted octanol–water partition coefficient (Wildman–Crippen LogP) is 1.61. The molecule has 0 radical (unpaired) electrons. The van der Waals surface area contributed by atoms with E-state index in [1.165, 1.54) is 0 Å². The van der Waals surface area contributed by atoms with E-state index in [0.717, 1.165) is 11.1 Å². The highest BCUT2D eigenvalue weighted by molar-refractivity contribution is 5.95. The minimum atomic E-state index is -0.282. The number of likely N-dealkylation sites (tertiary alicyclic amines) is 1. The summed E-state index contributed by atoms with van der Waals surface area (Å²) in [4.78, 5) is 30.5. The van der Waals surface area contributed by atoms with Gasteiger partial charge in [0.15, 0.2) is 5.69 Å². The average molecular weight is 376 g/mol. The van der Waals surface area contributed by atoms with Crippen LogP contribution in [0.15, 0.2) is 55.0 Å². The fourth-order valence-corrected chi connectivity index (χ4v) is 3.08. The van der Waals surface area contributed by atoms with Gasteiger partial charge in [0.1, 0.15) is 0 Å². The molecule has 1 aliphatic heterocycles. The summed E-state index contributed by atoms with van der Waals surface area (Å²) in [5, 5.41) is 10.8. The molecular formula is C20H20N6O2. The molecule has 1 fully saturated rings. The standard InChI is InChI=1S/C20H20N6O2/c1-14-3-2-4-16(9-14)20(28)25-11-17(12-25)26-13-18(23-24-26)19(27)22-10-15-5-7-21-8-6-15/h2-9,13,17H,10-12H2,1H3,(H,22,27). The molecule has 2 aromatic heterocycles. The Morgan fingerprint density at radius 2 is 1.96 bits per heavy atom. The molecule has 0 atom stereocenters. The highest BCUT2D eigenvalue weighted by atomic mass is 16.2. The lowest BCUT2D eigenvalue weighted by atomic mass is 10.1. The van der Waals surface area contributed by atoms with Gasteiger partial charge in [0, 0.05) is 37.6 Å². The van der Waals surface area contributed by atoms with Crippen LogP contribution < -0.4 is 5.32 Å². The Morgan fingerprint density at radius 3 is 2.71 bits per heavy atom. The minimum absolute atomic E-state index is 0.00961. The Labute approximate surface area is 162 Å². The van der Waals surface area contributed by atoms with Gasteiger partial charge in [-0.05, 0) is 36.8 Å². The number of benzene rings is 1. The largest absolute Gasteiger partial charge is 0.347 e. The molecule has 0 aliphatic carbocycles. The molecule has 0 saturated carbocycles. The van der Waals surface area contributed by atoms with Gasteiger partial charge in [-0.25, -0.2) is 4.68 Å². The van der Waals surface area contributed by atoms with Crippen molar-refractivity contribution >= 4 is 11.8 Å². The van der Waals surface area contributed by atoms with Crippen LogP contribution in [-0.4, -0.2) is 49.8 Å². The maximum atomic E-state index is 12.5. The normalized spacial score (nSPS) is 13.8. The molecule has 1 N–H and O–H groups in total. The van der Waals surface area contributed by atoms with Crippen molar-refractivity contribution in [1.29, 1.82) is 0 Å². The van der Waals surface area contributed by atoms with E-state index in [4.69, 9.17) is 0 Å². The van der Waals surface area contributed by atoms with Crippen LogP contribution in [0.1, 0.15) is 38.0 Å². The van der Waals surface area contributed by atoms with E-state index >= 15 is 0 Å². The van der Waals surface area contributed by atoms with Crippen molar-refractivity contribution in [3.63, 3.8) is 0 Å². The summed E-state index contributed by atoms with van der Waals surface area (Å²) in [6, 6.07) is 11.3. The first-order chi connectivity index (χ1) is 13.6. The Balaban J connectivity index is 1.32. The monoisotopic (exact) mass is 376 g/mol. The first-order valence-electron chi connectivity index (χ1n) is 9.05. The number of carbonyl (C=O) groups is 2. The molecule has 8 nitrogen and oxygen atoms in total. The highest BCUT2D eigenvalue weighted by Crippen LogP contribution is 2.23. The quantitative estimate of drug-likeness (QED) is 0.730. The summed E-state index contributed by atoms with van der Waals surface area (Å²) in [7, 11) is 0. The molecule has 3 heterocycles. The summed E-state index contributed by atoms with van der Waals surface area (Å²) in [6.07, 6.45) is 4.98. The van der Waals surface area contributed by atoms with Crippen LogP contribution in [0.2, 0.25) is 0 Å². The van der Waals surface area contributed by atoms with Gasteiger partial charge >= 0.3 is 0 Å². The van der Waals surface area contributed by atoms with Crippen LogP contribution in [0, 0.1) is 6.92 Å². The molecule has 4 rings (SSSR count). The molecule has 0 spiro atoms. The van der Waals surface area contributed by atoms with Crippen molar-refractivity contribution in [2.45, 2.75) is 19.5 Å². The Bertz CT molecular complexity index is 995. The number of nitrogens with one attached hydrogen (secondary N) is 1. The first kappa shape index (κ1) is 17.8. The smallest absolute Gasteiger partial charge is 0.273 e. The number of pyridine rings is 1. The molecular weight excluding hydrogens is 356 g/mol. The SMILES string of the molecule is Cc1cccc(C(=O)N2CC(n3cc(C(=O)NCc4ccncc4)nn3)C2)c1. The molecule has 1 aliphatic rings. The van der Waals surface area contributed by atoms with E-state index < -0.39 is 0 Å². The minimum Gasteiger partial charge on any atom is -0.347 e. The van der Waals surface area contributed by atoms with E-state index in [-0.39, 0.29) is 23.6 Å². The van der Waals surface area contributed by atoms with Gasteiger partial charge in [-0.15, -0.1) is 5.10 Å². The van der Waals surface area contributed by atoms with E-state index in [1.807, 2.05) is 43.3 Å². The zero-order chi connectivity index (χ0) is 19.5. The number of aromatic nitrogens is 4. The number of nitrogens with zero attached hydrogens (tertiary/aromatic N) is 5. The fraction of sp³-hybridized carbons (Fsp3) is 0.250. The third-order valence-corrected chi connectivity index (χ3v) is 4.73. The summed E-state index contributed by atoms with van der Waals surface area (Å²) >= 11 is 0. The van der Waals surface area contributed by atoms with Crippen molar-refractivity contribution in [2.24, 2.45) is 0 Å². The van der Waals surface area contributed by atoms with Gasteiger partial charge in [0.05, 0.1) is 12.2 Å². The zero-order valence-corrected chi connectivity index (χ0v) is 15.4. The summed E-state index contributed by atoms with van der Waals surface area (Å²) in [5.41, 5.74) is 2.97. The van der Waals surface area contributed by atoms with Gasteiger partial charge in [0.25, 0.3) is 11.8 Å². The van der Waals surface area contributed by atoms with Crippen LogP contribution in [-0.2, 0) is 6.54 Å². The van der Waals surface area contributed by atoms with Crippen LogP contribution in [0.3, 0.4) is 0 Å². The van der Waals surface area contributed by atoms with E-state index in [2.05, 4.69) is 20.6 Å². The highest BCUT2D eigenvalue weighted by Gasteiger charge is 2.33. The number of amides is 2. The second kappa shape index (κ2) is 7.59. The van der Waals surface area contributed by atoms with Crippen LogP contribution >= 0.6 is 0 Å². The molecule has 1 aromatic carbocycles. The number of hydrogen-bond donors (Lipinski definition) is 1. The van der Waals surface area contributed by atoms with Crippen molar-refractivity contribution in [3.05, 3.63) is 77.4 Å². The third-order valence-electron chi connectivity index (χ3n) is 4.73. The average Bonchev–Trinajstić information content (AvgIpc) is 3.15. The first-order valence-corrected chi connectivity index (χ1v) is 9.05. The predicted molar refractivity (Wildman–Crippen MR) is 102 cm³/mol. The van der Waals surface area contributed by atoms with Crippen molar-refractivity contribution in [2.75, 3.05) is 13.1 Å². The topological polar surface area (TPSA) is 93.0 Å². The van der Waals surface area contributed by atoms with Crippen molar-refractivity contribution < 1.29 is 9.59 Å². The van der Waals surface area contributed by atoms with Gasteiger partial charge in [-0.3, -0.25) is 14.6 Å². The van der Waals surface area contributed by atoms with Crippen molar-refractivity contribution in [3.8, 4) is 0 Å². The van der Waals surface area contributed by atoms with Crippen LogP contribution in [0.5, 0.6) is 0 Å². The van der Waals surface area contributed by atoms with E-state index in [9.17, 15) is 9.59 Å². The van der Waals surface area contributed by atoms with Gasteiger partial charge < -0.3 is 10.2 Å². The van der Waals surface area contributed by atoms with Gasteiger partial charge in [0.2, 0.25) is 0 Å². The van der Waals surface area contributed by atoms with Crippen molar-refractivity contribution in [1.82, 2.24) is 30.2 Å². The summed E-state index contributed by atoms with van der Waals surface area (Å²) < 4.78 is 1.65. The maximum Gasteiger partial charge on any atom is 0.273 e. The molecule has 8 heteroatoms. The summed E-state index contributed by atoms with van der Waals surface area (Å²) in [6.45, 7) is 3.46. The van der Waals surface area contributed by atoms with Crippen LogP contribution in [0.25, 0.3) is 0 Å². The number of hydrogen-bond acceptors (Lipinski definition) is 5. The lowest BCUT2D eigenvalue weighted by Crippen LogP contribution is -2.50. The molecule has 2 amide bonds. The Morgan fingerprint density at radius 1 is 1.18 bits per heavy atom. The number of aryl methyl sites for hydroxylation is 1. The lowest BCUT2D eigenvalue weighted by Gasteiger charge is -2.38. The molecule has 1 saturated heterocycles. The van der Waals surface area contributed by atoms with Crippen LogP contribution in [0.4, 0.5) is 0 Å². The fourth-order valence-electron chi connectivity index (χ4n) is 3.08. The zero-order valence-electron chi connectivity index (χ0n) is 15.4. The summed E-state index contributed by atoms with van der Waals surface area (Å²) in [5.74, 6) is -0.273. The molecule has 28 heavy (non-hydrogen) atoms. The lowest BCUT2D eigenvalue weighted by molar-refractivity contribution is 0.0498. The Kier molecular flexibility index (Phi) is 4.84. The molecule has 0 unspecified atom stereocenters. The molecule has 3 aromatic rings. The third kappa shape index (κ3) is 3.75. The maximum absolute atomic E-state index is 12.5. The second-order valence-electron chi connectivity index (χ2n) is 6.86. The number of rotatable bonds is 5. The number of carbonyl (C=O) groups excluding carboxylic acids is 2. The van der Waals surface area contributed by atoms with Gasteiger partial charge in [-0.2, -0.15) is 0 Å².